The van der Waals surface area contributed by atoms with Gasteiger partial charge in [-0.2, -0.15) is 0 Å². The second-order valence-corrected chi connectivity index (χ2v) is 9.34. The number of hydrogen-bond acceptors (Lipinski definition) is 5. The van der Waals surface area contributed by atoms with Crippen LogP contribution in [0.4, 0.5) is 0 Å². The van der Waals surface area contributed by atoms with Gasteiger partial charge in [-0.25, -0.2) is 8.42 Å². The quantitative estimate of drug-likeness (QED) is 0.297. The lowest BCUT2D eigenvalue weighted by molar-refractivity contribution is -0.121. The summed E-state index contributed by atoms with van der Waals surface area (Å²) in [5.74, 6) is 2.01. The van der Waals surface area contributed by atoms with Crippen LogP contribution in [0.3, 0.4) is 0 Å². The third-order valence-electron chi connectivity index (χ3n) is 5.12. The highest BCUT2D eigenvalue weighted by Crippen LogP contribution is 2.20. The molecule has 2 fully saturated rings. The molecule has 2 heterocycles. The fourth-order valence-corrected chi connectivity index (χ4v) is 4.69. The molecule has 1 amide bonds. The number of carbonyl (C=O) groups excluding carboxylic acids is 1. The summed E-state index contributed by atoms with van der Waals surface area (Å²) in [4.78, 5) is 20.7. The minimum atomic E-state index is -2.83. The zero-order valence-electron chi connectivity index (χ0n) is 16.4. The number of likely N-dealkylation sites (tertiary alicyclic amines) is 1. The first-order valence-electron chi connectivity index (χ1n) is 9.60. The number of nitrogens with one attached hydrogen (secondary N) is 2. The average Bonchev–Trinajstić information content (AvgIpc) is 2.63. The van der Waals surface area contributed by atoms with E-state index in [9.17, 15) is 13.2 Å². The first-order chi connectivity index (χ1) is 12.4. The lowest BCUT2D eigenvalue weighted by Crippen LogP contribution is -2.46. The van der Waals surface area contributed by atoms with Crippen LogP contribution >= 0.6 is 24.0 Å². The maximum absolute atomic E-state index is 11.5. The summed E-state index contributed by atoms with van der Waals surface area (Å²) in [7, 11) is -1.14. The van der Waals surface area contributed by atoms with Gasteiger partial charge < -0.3 is 15.5 Å². The maximum atomic E-state index is 11.5. The van der Waals surface area contributed by atoms with E-state index in [2.05, 4.69) is 27.4 Å². The minimum absolute atomic E-state index is 0. The van der Waals surface area contributed by atoms with Gasteiger partial charge in [0.1, 0.15) is 0 Å². The van der Waals surface area contributed by atoms with Gasteiger partial charge in [-0.05, 0) is 25.7 Å². The Hall–Kier alpha value is -0.620. The van der Waals surface area contributed by atoms with Crippen molar-refractivity contribution in [3.05, 3.63) is 0 Å². The van der Waals surface area contributed by atoms with E-state index < -0.39 is 9.84 Å². The summed E-state index contributed by atoms with van der Waals surface area (Å²) in [6.45, 7) is 7.38. The monoisotopic (exact) mass is 515 g/mol. The van der Waals surface area contributed by atoms with Crippen LogP contribution in [0.1, 0.15) is 26.2 Å². The summed E-state index contributed by atoms with van der Waals surface area (Å²) in [6, 6.07) is 0. The molecule has 0 aromatic heterocycles. The van der Waals surface area contributed by atoms with Crippen molar-refractivity contribution in [2.24, 2.45) is 10.9 Å². The summed E-state index contributed by atoms with van der Waals surface area (Å²) in [5.41, 5.74) is 0. The fourth-order valence-electron chi connectivity index (χ4n) is 3.41. The second kappa shape index (κ2) is 12.1. The van der Waals surface area contributed by atoms with Gasteiger partial charge in [0.2, 0.25) is 5.91 Å². The van der Waals surface area contributed by atoms with E-state index in [-0.39, 0.29) is 41.4 Å². The number of hydrogen-bond donors (Lipinski definition) is 2. The van der Waals surface area contributed by atoms with Gasteiger partial charge >= 0.3 is 0 Å². The fraction of sp³-hybridized carbons (Fsp3) is 0.882. The van der Waals surface area contributed by atoms with E-state index in [1.165, 1.54) is 0 Å². The highest BCUT2D eigenvalue weighted by molar-refractivity contribution is 14.0. The van der Waals surface area contributed by atoms with Crippen molar-refractivity contribution >= 4 is 45.7 Å². The van der Waals surface area contributed by atoms with Crippen molar-refractivity contribution in [3.8, 4) is 0 Å². The van der Waals surface area contributed by atoms with Gasteiger partial charge in [0.05, 0.1) is 18.1 Å². The largest absolute Gasteiger partial charge is 0.359 e. The van der Waals surface area contributed by atoms with Crippen molar-refractivity contribution in [2.45, 2.75) is 26.2 Å². The van der Waals surface area contributed by atoms with Crippen LogP contribution in [0.15, 0.2) is 4.99 Å². The first kappa shape index (κ1) is 24.4. The molecule has 8 nitrogen and oxygen atoms in total. The van der Waals surface area contributed by atoms with Gasteiger partial charge in [0, 0.05) is 52.7 Å². The van der Waals surface area contributed by atoms with E-state index in [1.807, 2.05) is 0 Å². The average molecular weight is 515 g/mol. The third-order valence-corrected chi connectivity index (χ3v) is 6.73. The minimum Gasteiger partial charge on any atom is -0.359 e. The number of nitrogens with zero attached hydrogens (tertiary/aromatic N) is 3. The van der Waals surface area contributed by atoms with Gasteiger partial charge in [-0.1, -0.05) is 0 Å². The molecule has 0 aromatic rings. The van der Waals surface area contributed by atoms with Crippen LogP contribution in [0.2, 0.25) is 0 Å². The highest BCUT2D eigenvalue weighted by atomic mass is 127. The maximum Gasteiger partial charge on any atom is 0.220 e. The molecule has 158 valence electrons. The number of halogens is 1. The molecule has 27 heavy (non-hydrogen) atoms. The predicted octanol–water partition coefficient (Wildman–Crippen LogP) is 0.148. The molecule has 0 bridgehead atoms. The molecule has 0 saturated carbocycles. The number of amides is 1. The number of carbonyl (C=O) groups is 1. The van der Waals surface area contributed by atoms with E-state index in [4.69, 9.17) is 4.99 Å². The Morgan fingerprint density at radius 2 is 1.78 bits per heavy atom. The molecule has 0 radical (unpaired) electrons. The second-order valence-electron chi connectivity index (χ2n) is 7.04. The van der Waals surface area contributed by atoms with Gasteiger partial charge in [0.15, 0.2) is 15.8 Å². The molecular formula is C17H34IN5O3S. The standard InChI is InChI=1S/C17H33N5O3S.HI/c1-3-19-17(20-6-9-21-10-12-26(24,25)13-11-21)22-7-4-15(5-8-22)14-16(23)18-2;/h15H,3-14H2,1-2H3,(H,18,23)(H,19,20);1H. The molecule has 0 spiro atoms. The van der Waals surface area contributed by atoms with Crippen LogP contribution in [0.5, 0.6) is 0 Å². The number of sulfone groups is 1. The molecule has 10 heteroatoms. The molecule has 0 aliphatic carbocycles. The van der Waals surface area contributed by atoms with Crippen molar-refractivity contribution in [3.63, 3.8) is 0 Å². The highest BCUT2D eigenvalue weighted by Gasteiger charge is 2.24. The van der Waals surface area contributed by atoms with Crippen molar-refractivity contribution in [2.75, 3.05) is 64.4 Å². The smallest absolute Gasteiger partial charge is 0.220 e. The number of guanidine groups is 1. The Balaban J connectivity index is 0.00000364. The molecule has 2 saturated heterocycles. The van der Waals surface area contributed by atoms with Crippen LogP contribution < -0.4 is 10.6 Å². The van der Waals surface area contributed by atoms with Crippen LogP contribution in [0, 0.1) is 5.92 Å². The van der Waals surface area contributed by atoms with Gasteiger partial charge in [0.25, 0.3) is 0 Å². The molecule has 2 rings (SSSR count). The molecule has 2 aliphatic rings. The summed E-state index contributed by atoms with van der Waals surface area (Å²) in [6.07, 6.45) is 2.61. The van der Waals surface area contributed by atoms with Gasteiger partial charge in [-0.3, -0.25) is 14.7 Å². The molecule has 2 N–H and O–H groups in total. The topological polar surface area (TPSA) is 94.1 Å². The first-order valence-corrected chi connectivity index (χ1v) is 11.4. The number of aliphatic imine (C=N–C) groups is 1. The summed E-state index contributed by atoms with van der Waals surface area (Å²) in [5, 5.41) is 6.05. The van der Waals surface area contributed by atoms with Crippen LogP contribution in [-0.2, 0) is 14.6 Å². The normalized spacial score (nSPS) is 21.4. The van der Waals surface area contributed by atoms with Crippen LogP contribution in [-0.4, -0.2) is 94.5 Å². The zero-order valence-corrected chi connectivity index (χ0v) is 19.6. The Labute approximate surface area is 180 Å². The molecular weight excluding hydrogens is 481 g/mol. The molecule has 0 unspecified atom stereocenters. The summed E-state index contributed by atoms with van der Waals surface area (Å²) < 4.78 is 23.0. The van der Waals surface area contributed by atoms with Gasteiger partial charge in [-0.15, -0.1) is 24.0 Å². The van der Waals surface area contributed by atoms with Crippen molar-refractivity contribution in [1.29, 1.82) is 0 Å². The summed E-state index contributed by atoms with van der Waals surface area (Å²) >= 11 is 0. The zero-order chi connectivity index (χ0) is 19.0. The van der Waals surface area contributed by atoms with Crippen molar-refractivity contribution in [1.82, 2.24) is 20.4 Å². The molecule has 0 aromatic carbocycles. The molecule has 2 aliphatic heterocycles. The Morgan fingerprint density at radius 1 is 1.15 bits per heavy atom. The Morgan fingerprint density at radius 3 is 2.33 bits per heavy atom. The van der Waals surface area contributed by atoms with E-state index in [0.717, 1.165) is 45.0 Å². The third kappa shape index (κ3) is 8.51. The Kier molecular flexibility index (Phi) is 10.9. The van der Waals surface area contributed by atoms with E-state index >= 15 is 0 Å². The number of piperidine rings is 1. The number of rotatable bonds is 6. The van der Waals surface area contributed by atoms with Crippen LogP contribution in [0.25, 0.3) is 0 Å². The SMILES string of the molecule is CCNC(=NCCN1CCS(=O)(=O)CC1)N1CCC(CC(=O)NC)CC1.I. The van der Waals surface area contributed by atoms with E-state index in [1.54, 1.807) is 7.05 Å². The Bertz CT molecular complexity index is 577. The van der Waals surface area contributed by atoms with E-state index in [0.29, 0.717) is 32.0 Å². The molecule has 0 atom stereocenters. The lowest BCUT2D eigenvalue weighted by Gasteiger charge is -2.34. The predicted molar refractivity (Wildman–Crippen MR) is 119 cm³/mol. The lowest BCUT2D eigenvalue weighted by atomic mass is 9.93. The van der Waals surface area contributed by atoms with Crippen molar-refractivity contribution < 1.29 is 13.2 Å².